The van der Waals surface area contributed by atoms with Crippen molar-refractivity contribution in [3.63, 3.8) is 0 Å². The normalized spacial score (nSPS) is 16.5. The molecule has 0 N–H and O–H groups in total. The number of benzene rings is 1. The number of thioether (sulfide) groups is 4. The summed E-state index contributed by atoms with van der Waals surface area (Å²) < 4.78 is 2.93. The van der Waals surface area contributed by atoms with Gasteiger partial charge in [-0.05, 0) is 52.7 Å². The Morgan fingerprint density at radius 1 is 0.550 bits per heavy atom. The first-order valence-electron chi connectivity index (χ1n) is 6.63. The molecular formula is C16H18S4. The van der Waals surface area contributed by atoms with E-state index in [9.17, 15) is 0 Å². The van der Waals surface area contributed by atoms with Crippen LogP contribution in [0.3, 0.4) is 0 Å². The first-order valence-corrected chi connectivity index (χ1v) is 9.90. The second-order valence-electron chi connectivity index (χ2n) is 5.55. The Morgan fingerprint density at radius 3 is 1.00 bits per heavy atom. The zero-order valence-corrected chi connectivity index (χ0v) is 15.9. The number of fused-ring (bicyclic) bond motifs is 2. The summed E-state index contributed by atoms with van der Waals surface area (Å²) in [6, 6.07) is 0. The van der Waals surface area contributed by atoms with E-state index in [1.807, 2.05) is 47.0 Å². The summed E-state index contributed by atoms with van der Waals surface area (Å²) in [6.45, 7) is 13.4. The van der Waals surface area contributed by atoms with Crippen molar-refractivity contribution < 1.29 is 0 Å². The van der Waals surface area contributed by atoms with E-state index in [0.29, 0.717) is 0 Å². The third-order valence-corrected chi connectivity index (χ3v) is 9.86. The first-order chi connectivity index (χ1) is 9.40. The molecule has 1 aromatic carbocycles. The van der Waals surface area contributed by atoms with Gasteiger partial charge in [-0.3, -0.25) is 0 Å². The van der Waals surface area contributed by atoms with E-state index in [1.54, 1.807) is 0 Å². The standard InChI is InChI=1S/C16H18S4/c1-7(2)15-17-11-9(5)13-14(10(6)12(11)18-15)20-16(19-13)8(3)4/h1-6H3. The molecule has 2 aliphatic heterocycles. The number of hydrogen-bond donors (Lipinski definition) is 0. The Balaban J connectivity index is 2.17. The highest BCUT2D eigenvalue weighted by Crippen LogP contribution is 2.62. The van der Waals surface area contributed by atoms with Crippen LogP contribution >= 0.6 is 47.0 Å². The summed E-state index contributed by atoms with van der Waals surface area (Å²) in [6.07, 6.45) is 0. The lowest BCUT2D eigenvalue weighted by molar-refractivity contribution is 0.985. The van der Waals surface area contributed by atoms with Gasteiger partial charge in [0, 0.05) is 28.1 Å². The number of allylic oxidation sites excluding steroid dienone is 2. The van der Waals surface area contributed by atoms with Gasteiger partial charge in [0.2, 0.25) is 0 Å². The zero-order chi connectivity index (χ0) is 14.6. The van der Waals surface area contributed by atoms with Gasteiger partial charge < -0.3 is 0 Å². The van der Waals surface area contributed by atoms with Crippen molar-refractivity contribution in [1.29, 1.82) is 0 Å². The van der Waals surface area contributed by atoms with Gasteiger partial charge in [0.15, 0.2) is 0 Å². The van der Waals surface area contributed by atoms with Crippen LogP contribution in [0.5, 0.6) is 0 Å². The molecule has 0 radical (unpaired) electrons. The Labute approximate surface area is 138 Å². The molecule has 0 aliphatic carbocycles. The minimum atomic E-state index is 1.43. The van der Waals surface area contributed by atoms with Gasteiger partial charge >= 0.3 is 0 Å². The summed E-state index contributed by atoms with van der Waals surface area (Å²) in [4.78, 5) is 5.97. The fourth-order valence-corrected chi connectivity index (χ4v) is 7.72. The van der Waals surface area contributed by atoms with E-state index < -0.39 is 0 Å². The van der Waals surface area contributed by atoms with Crippen LogP contribution in [0.4, 0.5) is 0 Å². The third-order valence-electron chi connectivity index (χ3n) is 3.37. The van der Waals surface area contributed by atoms with Crippen molar-refractivity contribution in [2.45, 2.75) is 61.1 Å². The molecule has 0 saturated heterocycles. The van der Waals surface area contributed by atoms with Crippen LogP contribution in [-0.2, 0) is 0 Å². The molecule has 20 heavy (non-hydrogen) atoms. The smallest absolute Gasteiger partial charge is 0.0486 e. The molecule has 0 bridgehead atoms. The van der Waals surface area contributed by atoms with Gasteiger partial charge in [0.05, 0.1) is 0 Å². The highest BCUT2D eigenvalue weighted by molar-refractivity contribution is 8.25. The fraction of sp³-hybridized carbons (Fsp3) is 0.375. The van der Waals surface area contributed by atoms with E-state index in [0.717, 1.165) is 0 Å². The maximum atomic E-state index is 2.29. The van der Waals surface area contributed by atoms with E-state index in [-0.39, 0.29) is 0 Å². The van der Waals surface area contributed by atoms with Gasteiger partial charge in [-0.15, -0.1) is 0 Å². The Bertz CT molecular complexity index is 572. The molecule has 1 aromatic rings. The molecular weight excluding hydrogens is 320 g/mol. The van der Waals surface area contributed by atoms with E-state index in [1.165, 1.54) is 50.3 Å². The van der Waals surface area contributed by atoms with Gasteiger partial charge in [-0.25, -0.2) is 0 Å². The van der Waals surface area contributed by atoms with Gasteiger partial charge in [-0.2, -0.15) is 0 Å². The van der Waals surface area contributed by atoms with Crippen LogP contribution in [0, 0.1) is 13.8 Å². The Morgan fingerprint density at radius 2 is 0.800 bits per heavy atom. The largest absolute Gasteiger partial charge is 0.0813 e. The maximum Gasteiger partial charge on any atom is 0.0486 e. The molecule has 4 heteroatoms. The second-order valence-corrected chi connectivity index (χ2v) is 10.1. The highest BCUT2D eigenvalue weighted by Gasteiger charge is 2.31. The van der Waals surface area contributed by atoms with Gasteiger partial charge in [-0.1, -0.05) is 58.2 Å². The maximum absolute atomic E-state index is 2.29. The molecule has 2 heterocycles. The molecule has 0 aromatic heterocycles. The van der Waals surface area contributed by atoms with Crippen LogP contribution in [0.1, 0.15) is 38.8 Å². The van der Waals surface area contributed by atoms with E-state index in [2.05, 4.69) is 41.5 Å². The molecule has 0 nitrogen and oxygen atoms in total. The van der Waals surface area contributed by atoms with Crippen LogP contribution in [0.25, 0.3) is 0 Å². The van der Waals surface area contributed by atoms with E-state index >= 15 is 0 Å². The number of hydrogen-bond acceptors (Lipinski definition) is 4. The molecule has 0 amide bonds. The summed E-state index contributed by atoms with van der Waals surface area (Å²) in [5, 5.41) is 0. The van der Waals surface area contributed by atoms with Gasteiger partial charge in [0.25, 0.3) is 0 Å². The van der Waals surface area contributed by atoms with Crippen molar-refractivity contribution in [3.8, 4) is 0 Å². The predicted octanol–water partition coefficient (Wildman–Crippen LogP) is 7.20. The van der Waals surface area contributed by atoms with Crippen molar-refractivity contribution in [1.82, 2.24) is 0 Å². The molecule has 106 valence electrons. The summed E-state index contributed by atoms with van der Waals surface area (Å²) >= 11 is 7.86. The SMILES string of the molecule is CC(C)=C1Sc2c(C)c3c(c(C)c2S1)SC(=C(C)C)S3. The zero-order valence-electron chi connectivity index (χ0n) is 12.6. The second kappa shape index (κ2) is 5.38. The lowest BCUT2D eigenvalue weighted by Crippen LogP contribution is -1.89. The molecule has 0 unspecified atom stereocenters. The summed E-state index contributed by atoms with van der Waals surface area (Å²) in [7, 11) is 0. The van der Waals surface area contributed by atoms with Crippen LogP contribution < -0.4 is 0 Å². The average Bonchev–Trinajstić information content (AvgIpc) is 3.00. The van der Waals surface area contributed by atoms with Crippen LogP contribution in [0.2, 0.25) is 0 Å². The molecule has 2 aliphatic rings. The topological polar surface area (TPSA) is 0 Å². The lowest BCUT2D eigenvalue weighted by atomic mass is 10.1. The van der Waals surface area contributed by atoms with Crippen molar-refractivity contribution in [3.05, 3.63) is 30.7 Å². The van der Waals surface area contributed by atoms with Crippen LogP contribution in [0.15, 0.2) is 39.2 Å². The molecule has 0 saturated carbocycles. The Hall–Kier alpha value is 0.1000. The van der Waals surface area contributed by atoms with Crippen molar-refractivity contribution >= 4 is 47.0 Å². The summed E-state index contributed by atoms with van der Waals surface area (Å²) in [5.41, 5.74) is 5.81. The minimum Gasteiger partial charge on any atom is -0.0813 e. The average molecular weight is 339 g/mol. The molecule has 3 rings (SSSR count). The van der Waals surface area contributed by atoms with Crippen molar-refractivity contribution in [2.24, 2.45) is 0 Å². The molecule has 0 atom stereocenters. The fourth-order valence-electron chi connectivity index (χ4n) is 2.20. The van der Waals surface area contributed by atoms with Crippen molar-refractivity contribution in [2.75, 3.05) is 0 Å². The highest BCUT2D eigenvalue weighted by atomic mass is 32.2. The minimum absolute atomic E-state index is 1.43. The van der Waals surface area contributed by atoms with Gasteiger partial charge in [0.1, 0.15) is 0 Å². The first kappa shape index (κ1) is 15.0. The Kier molecular flexibility index (Phi) is 4.04. The quantitative estimate of drug-likeness (QED) is 0.490. The monoisotopic (exact) mass is 338 g/mol. The predicted molar refractivity (Wildman–Crippen MR) is 96.1 cm³/mol. The number of rotatable bonds is 0. The third kappa shape index (κ3) is 2.29. The van der Waals surface area contributed by atoms with E-state index in [4.69, 9.17) is 0 Å². The molecule has 0 fully saturated rings. The summed E-state index contributed by atoms with van der Waals surface area (Å²) in [5.74, 6) is 0. The van der Waals surface area contributed by atoms with Crippen LogP contribution in [-0.4, -0.2) is 0 Å². The molecule has 0 spiro atoms. The lowest BCUT2D eigenvalue weighted by Gasteiger charge is -2.11.